The van der Waals surface area contributed by atoms with E-state index in [9.17, 15) is 22.4 Å². The molecule has 0 bridgehead atoms. The second kappa shape index (κ2) is 11.5. The molecule has 218 valence electrons. The summed E-state index contributed by atoms with van der Waals surface area (Å²) < 4.78 is 60.9. The van der Waals surface area contributed by atoms with E-state index in [1.807, 2.05) is 11.8 Å². The largest absolute Gasteiger partial charge is 0.417 e. The first-order valence-corrected chi connectivity index (χ1v) is 13.2. The van der Waals surface area contributed by atoms with Gasteiger partial charge in [0, 0.05) is 45.6 Å². The molecule has 0 amide bonds. The first kappa shape index (κ1) is 29.2. The van der Waals surface area contributed by atoms with Crippen LogP contribution in [0, 0.1) is 12.4 Å². The van der Waals surface area contributed by atoms with Crippen molar-refractivity contribution in [1.29, 1.82) is 0 Å². The molecule has 3 atom stereocenters. The average molecular weight is 581 g/mol. The molecule has 1 fully saturated rings. The zero-order valence-corrected chi connectivity index (χ0v) is 23.1. The molecule has 1 saturated heterocycles. The normalized spacial score (nSPS) is 18.7. The third-order valence-electron chi connectivity index (χ3n) is 7.63. The van der Waals surface area contributed by atoms with E-state index in [2.05, 4.69) is 19.7 Å². The third-order valence-corrected chi connectivity index (χ3v) is 7.63. The lowest BCUT2D eigenvalue weighted by molar-refractivity contribution is -0.137. The van der Waals surface area contributed by atoms with Gasteiger partial charge in [0.2, 0.25) is 5.52 Å². The smallest absolute Gasteiger partial charge is 0.383 e. The van der Waals surface area contributed by atoms with Gasteiger partial charge in [0.25, 0.3) is 11.4 Å². The maximum Gasteiger partial charge on any atom is 0.417 e. The molecule has 4 heterocycles. The minimum Gasteiger partial charge on any atom is -0.383 e. The molecule has 1 aliphatic heterocycles. The van der Waals surface area contributed by atoms with Crippen molar-refractivity contribution in [2.75, 3.05) is 31.7 Å². The molecule has 5 rings (SSSR count). The lowest BCUT2D eigenvalue weighted by Gasteiger charge is -2.49. The fourth-order valence-electron chi connectivity index (χ4n) is 5.55. The monoisotopic (exact) mass is 580 g/mol. The number of rotatable bonds is 6. The summed E-state index contributed by atoms with van der Waals surface area (Å²) in [5.74, 6) is -0.236. The van der Waals surface area contributed by atoms with Crippen LogP contribution in [0.25, 0.3) is 15.9 Å². The molecule has 4 aromatic rings. The molecular weight excluding hydrogens is 552 g/mol. The van der Waals surface area contributed by atoms with Gasteiger partial charge in [-0.25, -0.2) is 4.39 Å². The average Bonchev–Trinajstić information content (AvgIpc) is 2.97. The summed E-state index contributed by atoms with van der Waals surface area (Å²) in [6.45, 7) is 10.4. The van der Waals surface area contributed by atoms with Crippen LogP contribution < -0.4 is 10.5 Å². The number of piperazine rings is 1. The summed E-state index contributed by atoms with van der Waals surface area (Å²) in [4.78, 5) is 29.2. The minimum atomic E-state index is -4.54. The van der Waals surface area contributed by atoms with E-state index >= 15 is 0 Å². The van der Waals surface area contributed by atoms with E-state index in [1.165, 1.54) is 28.8 Å². The quantitative estimate of drug-likeness (QED) is 0.226. The first-order chi connectivity index (χ1) is 20.0. The number of aromatic nitrogens is 3. The van der Waals surface area contributed by atoms with Gasteiger partial charge in [-0.1, -0.05) is 18.7 Å². The van der Waals surface area contributed by atoms with Gasteiger partial charge in [0.15, 0.2) is 0 Å². The third kappa shape index (κ3) is 5.57. The van der Waals surface area contributed by atoms with Crippen LogP contribution in [-0.4, -0.2) is 58.3 Å². The molecule has 1 unspecified atom stereocenters. The Balaban J connectivity index is 1.59. The van der Waals surface area contributed by atoms with Gasteiger partial charge in [-0.15, -0.1) is 4.98 Å². The zero-order valence-electron chi connectivity index (χ0n) is 23.1. The van der Waals surface area contributed by atoms with Crippen molar-refractivity contribution in [3.8, 4) is 0 Å². The molecule has 42 heavy (non-hydrogen) atoms. The van der Waals surface area contributed by atoms with Crippen LogP contribution in [0.1, 0.15) is 29.8 Å². The van der Waals surface area contributed by atoms with E-state index in [0.717, 1.165) is 12.3 Å². The highest BCUT2D eigenvalue weighted by Gasteiger charge is 2.39. The lowest BCUT2D eigenvalue weighted by Crippen LogP contribution is -2.60. The van der Waals surface area contributed by atoms with Gasteiger partial charge in [-0.05, 0) is 48.9 Å². The van der Waals surface area contributed by atoms with Crippen LogP contribution in [0.5, 0.6) is 0 Å². The van der Waals surface area contributed by atoms with Crippen molar-refractivity contribution in [3.63, 3.8) is 0 Å². The van der Waals surface area contributed by atoms with Gasteiger partial charge in [0.05, 0.1) is 41.2 Å². The number of hydrogen-bond acceptors (Lipinski definition) is 6. The Bertz CT molecular complexity index is 1680. The number of benzene rings is 1. The van der Waals surface area contributed by atoms with Gasteiger partial charge < -0.3 is 19.0 Å². The van der Waals surface area contributed by atoms with Crippen LogP contribution in [0.15, 0.2) is 65.6 Å². The maximum absolute atomic E-state index is 13.9. The highest BCUT2D eigenvalue weighted by Crippen LogP contribution is 2.37. The highest BCUT2D eigenvalue weighted by atomic mass is 19.4. The van der Waals surface area contributed by atoms with Crippen LogP contribution in [0.4, 0.5) is 29.1 Å². The number of aryl methyl sites for hydroxylation is 1. The van der Waals surface area contributed by atoms with Crippen molar-refractivity contribution < 1.29 is 22.3 Å². The Morgan fingerprint density at radius 3 is 2.48 bits per heavy atom. The SMILES string of the molecule is [C-]#[N+]c1ccc2c(n1)c(N1C[C@@H](COC)N(C(c3ccc(F)cc3)c3ccc(C(F)(F)F)cn3)C[C@@H]1C)cc(=O)n2C. The fraction of sp³-hybridized carbons (Fsp3) is 0.333. The molecule has 1 aliphatic rings. The van der Waals surface area contributed by atoms with Crippen LogP contribution in [0.3, 0.4) is 0 Å². The maximum atomic E-state index is 13.9. The number of methoxy groups -OCH3 is 1. The van der Waals surface area contributed by atoms with Crippen LogP contribution in [-0.2, 0) is 18.0 Å². The topological polar surface area (TPSA) is 67.8 Å². The van der Waals surface area contributed by atoms with Gasteiger partial charge in [0.1, 0.15) is 5.82 Å². The molecule has 12 heteroatoms. The van der Waals surface area contributed by atoms with Crippen molar-refractivity contribution in [3.05, 3.63) is 105 Å². The predicted molar refractivity (Wildman–Crippen MR) is 150 cm³/mol. The van der Waals surface area contributed by atoms with Crippen molar-refractivity contribution >= 4 is 22.5 Å². The Morgan fingerprint density at radius 1 is 1.12 bits per heavy atom. The molecule has 0 radical (unpaired) electrons. The number of alkyl halides is 3. The number of anilines is 1. The predicted octanol–water partition coefficient (Wildman–Crippen LogP) is 5.35. The molecule has 0 spiro atoms. The summed E-state index contributed by atoms with van der Waals surface area (Å²) in [5.41, 5.74) is 1.62. The number of fused-ring (bicyclic) bond motifs is 1. The molecule has 8 nitrogen and oxygen atoms in total. The molecule has 0 N–H and O–H groups in total. The highest BCUT2D eigenvalue weighted by molar-refractivity contribution is 5.89. The molecular formula is C30H28F4N6O2. The molecule has 0 aliphatic carbocycles. The number of pyridine rings is 3. The van der Waals surface area contributed by atoms with Crippen molar-refractivity contribution in [1.82, 2.24) is 19.4 Å². The van der Waals surface area contributed by atoms with E-state index < -0.39 is 23.6 Å². The lowest BCUT2D eigenvalue weighted by atomic mass is 9.95. The molecule has 1 aromatic carbocycles. The summed E-state index contributed by atoms with van der Waals surface area (Å²) in [6.07, 6.45) is -3.73. The van der Waals surface area contributed by atoms with Crippen molar-refractivity contribution in [2.45, 2.75) is 31.2 Å². The standard InChI is InChI=1S/C30H28F4N6O2/c1-18-15-40(29(19-5-8-21(31)9-6-19)23-10-7-20(14-36-23)30(32,33)34)22(17-42-4)16-39(18)25-13-27(41)38(3)24-11-12-26(35-2)37-28(24)25/h5-14,18,22,29H,15-17H2,1,3-4H3/t18-,22-,29?/m0/s1. The molecule has 0 saturated carbocycles. The minimum absolute atomic E-state index is 0.201. The fourth-order valence-corrected chi connectivity index (χ4v) is 5.55. The Hall–Kier alpha value is -4.34. The number of ether oxygens (including phenoxy) is 1. The van der Waals surface area contributed by atoms with Gasteiger partial charge in [-0.2, -0.15) is 13.2 Å². The number of nitrogens with zero attached hydrogens (tertiary/aromatic N) is 6. The number of halogens is 4. The zero-order chi connectivity index (χ0) is 30.2. The van der Waals surface area contributed by atoms with E-state index in [4.69, 9.17) is 11.3 Å². The summed E-state index contributed by atoms with van der Waals surface area (Å²) in [5, 5.41) is 0. The second-order valence-corrected chi connectivity index (χ2v) is 10.3. The second-order valence-electron chi connectivity index (χ2n) is 10.3. The van der Waals surface area contributed by atoms with Crippen molar-refractivity contribution in [2.24, 2.45) is 7.05 Å². The van der Waals surface area contributed by atoms with Gasteiger partial charge in [-0.3, -0.25) is 14.7 Å². The van der Waals surface area contributed by atoms with E-state index in [1.54, 1.807) is 38.4 Å². The molecule has 3 aromatic heterocycles. The number of hydrogen-bond donors (Lipinski definition) is 0. The Labute approximate surface area is 239 Å². The Kier molecular flexibility index (Phi) is 7.99. The van der Waals surface area contributed by atoms with E-state index in [-0.39, 0.29) is 30.1 Å². The Morgan fingerprint density at radius 2 is 1.86 bits per heavy atom. The van der Waals surface area contributed by atoms with Crippen LogP contribution >= 0.6 is 0 Å². The summed E-state index contributed by atoms with van der Waals surface area (Å²) in [7, 11) is 3.20. The van der Waals surface area contributed by atoms with Gasteiger partial charge >= 0.3 is 6.18 Å². The first-order valence-electron chi connectivity index (χ1n) is 13.2. The summed E-state index contributed by atoms with van der Waals surface area (Å²) >= 11 is 0. The summed E-state index contributed by atoms with van der Waals surface area (Å²) in [6, 6.07) is 11.8. The van der Waals surface area contributed by atoms with Crippen LogP contribution in [0.2, 0.25) is 0 Å². The van der Waals surface area contributed by atoms with E-state index in [0.29, 0.717) is 41.1 Å².